The number of rotatable bonds is 4. The first-order valence-corrected chi connectivity index (χ1v) is 9.67. The van der Waals surface area contributed by atoms with Gasteiger partial charge in [-0.1, -0.05) is 40.2 Å². The molecular formula is C20H16Br2N2O3. The van der Waals surface area contributed by atoms with Crippen LogP contribution in [-0.4, -0.2) is 18.9 Å². The number of hydrogen-bond acceptors (Lipinski definition) is 3. The van der Waals surface area contributed by atoms with E-state index in [4.69, 9.17) is 4.74 Å². The minimum Gasteiger partial charge on any atom is -0.496 e. The maximum atomic E-state index is 12.4. The fourth-order valence-corrected chi connectivity index (χ4v) is 3.61. The number of fused-ring (bicyclic) bond motifs is 1. The van der Waals surface area contributed by atoms with Crippen LogP contribution in [0, 0.1) is 0 Å². The Labute approximate surface area is 173 Å². The van der Waals surface area contributed by atoms with Crippen LogP contribution in [0.4, 0.5) is 0 Å². The number of nitrogens with one attached hydrogen (secondary N) is 2. The minimum absolute atomic E-state index is 0.0678. The van der Waals surface area contributed by atoms with Crippen LogP contribution in [0.3, 0.4) is 0 Å². The Morgan fingerprint density at radius 1 is 1.00 bits per heavy atom. The third-order valence-corrected chi connectivity index (χ3v) is 5.23. The van der Waals surface area contributed by atoms with Crippen molar-refractivity contribution in [3.05, 3.63) is 74.7 Å². The summed E-state index contributed by atoms with van der Waals surface area (Å²) in [5.74, 6) is -0.120. The molecule has 2 amide bonds. The lowest BCUT2D eigenvalue weighted by atomic mass is 10.0. The van der Waals surface area contributed by atoms with Gasteiger partial charge in [-0.25, -0.2) is 0 Å². The van der Waals surface area contributed by atoms with Crippen LogP contribution in [0.15, 0.2) is 63.5 Å². The van der Waals surface area contributed by atoms with E-state index in [1.165, 1.54) is 0 Å². The normalized spacial score (nSPS) is 10.5. The summed E-state index contributed by atoms with van der Waals surface area (Å²) in [6, 6.07) is 16.6. The van der Waals surface area contributed by atoms with Gasteiger partial charge in [-0.3, -0.25) is 20.4 Å². The summed E-state index contributed by atoms with van der Waals surface area (Å²) in [4.78, 5) is 24.6. The minimum atomic E-state index is -0.398. The number of amides is 2. The van der Waals surface area contributed by atoms with Crippen molar-refractivity contribution < 1.29 is 14.3 Å². The molecule has 0 unspecified atom stereocenters. The molecule has 0 spiro atoms. The highest BCUT2D eigenvalue weighted by Gasteiger charge is 2.15. The first-order valence-electron chi connectivity index (χ1n) is 8.08. The van der Waals surface area contributed by atoms with E-state index in [9.17, 15) is 9.59 Å². The monoisotopic (exact) mass is 490 g/mol. The lowest BCUT2D eigenvalue weighted by molar-refractivity contribution is -0.121. The molecule has 0 aliphatic rings. The lowest BCUT2D eigenvalue weighted by Crippen LogP contribution is -2.42. The van der Waals surface area contributed by atoms with Crippen molar-refractivity contribution in [3.8, 4) is 5.75 Å². The largest absolute Gasteiger partial charge is 0.496 e. The van der Waals surface area contributed by atoms with Gasteiger partial charge in [-0.15, -0.1) is 0 Å². The average molecular weight is 492 g/mol. The van der Waals surface area contributed by atoms with Crippen molar-refractivity contribution in [2.45, 2.75) is 6.42 Å². The van der Waals surface area contributed by atoms with Crippen LogP contribution in [-0.2, 0) is 11.2 Å². The third-order valence-electron chi connectivity index (χ3n) is 4.04. The Morgan fingerprint density at radius 3 is 2.52 bits per heavy atom. The number of benzene rings is 3. The van der Waals surface area contributed by atoms with Gasteiger partial charge in [-0.2, -0.15) is 0 Å². The molecule has 7 heteroatoms. The Hall–Kier alpha value is -2.38. The van der Waals surface area contributed by atoms with Gasteiger partial charge in [0.2, 0.25) is 5.91 Å². The van der Waals surface area contributed by atoms with Gasteiger partial charge in [0.05, 0.1) is 19.1 Å². The van der Waals surface area contributed by atoms with E-state index in [1.54, 1.807) is 25.3 Å². The molecule has 3 aromatic rings. The maximum Gasteiger partial charge on any atom is 0.270 e. The molecule has 0 saturated carbocycles. The van der Waals surface area contributed by atoms with Crippen molar-refractivity contribution in [1.29, 1.82) is 0 Å². The van der Waals surface area contributed by atoms with Gasteiger partial charge in [0.1, 0.15) is 5.75 Å². The van der Waals surface area contributed by atoms with E-state index in [-0.39, 0.29) is 12.3 Å². The van der Waals surface area contributed by atoms with E-state index in [2.05, 4.69) is 42.7 Å². The number of hydrazine groups is 1. The maximum absolute atomic E-state index is 12.4. The zero-order valence-corrected chi connectivity index (χ0v) is 17.6. The molecule has 3 aromatic carbocycles. The van der Waals surface area contributed by atoms with Gasteiger partial charge >= 0.3 is 0 Å². The topological polar surface area (TPSA) is 67.4 Å². The number of carbonyl (C=O) groups excluding carboxylic acids is 2. The van der Waals surface area contributed by atoms with E-state index in [0.29, 0.717) is 15.8 Å². The molecule has 0 saturated heterocycles. The van der Waals surface area contributed by atoms with Crippen LogP contribution >= 0.6 is 31.9 Å². The van der Waals surface area contributed by atoms with Crippen LogP contribution < -0.4 is 15.6 Å². The molecule has 0 heterocycles. The molecule has 0 fully saturated rings. The SMILES string of the molecule is COc1ccc2cc(Br)ccc2c1CC(=O)NNC(=O)c1ccccc1Br. The Bertz CT molecular complexity index is 1020. The van der Waals surface area contributed by atoms with Crippen molar-refractivity contribution in [2.75, 3.05) is 7.11 Å². The van der Waals surface area contributed by atoms with Crippen molar-refractivity contribution in [1.82, 2.24) is 10.9 Å². The van der Waals surface area contributed by atoms with E-state index >= 15 is 0 Å². The highest BCUT2D eigenvalue weighted by Crippen LogP contribution is 2.30. The van der Waals surface area contributed by atoms with E-state index in [1.807, 2.05) is 36.4 Å². The van der Waals surface area contributed by atoms with Gasteiger partial charge < -0.3 is 4.74 Å². The molecular weight excluding hydrogens is 476 g/mol. The molecule has 5 nitrogen and oxygen atoms in total. The average Bonchev–Trinajstić information content (AvgIpc) is 2.66. The summed E-state index contributed by atoms with van der Waals surface area (Å²) < 4.78 is 7.02. The van der Waals surface area contributed by atoms with Crippen LogP contribution in [0.2, 0.25) is 0 Å². The highest BCUT2D eigenvalue weighted by atomic mass is 79.9. The highest BCUT2D eigenvalue weighted by molar-refractivity contribution is 9.10. The number of ether oxygens (including phenoxy) is 1. The molecule has 0 aliphatic carbocycles. The van der Waals surface area contributed by atoms with Crippen LogP contribution in [0.5, 0.6) is 5.75 Å². The van der Waals surface area contributed by atoms with Gasteiger partial charge in [0, 0.05) is 14.5 Å². The first kappa shape index (κ1) is 19.4. The van der Waals surface area contributed by atoms with E-state index < -0.39 is 5.91 Å². The summed E-state index contributed by atoms with van der Waals surface area (Å²) in [5, 5.41) is 1.91. The second-order valence-electron chi connectivity index (χ2n) is 5.77. The molecule has 27 heavy (non-hydrogen) atoms. The molecule has 0 aliphatic heterocycles. The predicted molar refractivity (Wildman–Crippen MR) is 112 cm³/mol. The second kappa shape index (κ2) is 8.54. The Balaban J connectivity index is 1.76. The molecule has 0 bridgehead atoms. The predicted octanol–water partition coefficient (Wildman–Crippen LogP) is 4.38. The Morgan fingerprint density at radius 2 is 1.78 bits per heavy atom. The first-order chi connectivity index (χ1) is 13.0. The van der Waals surface area contributed by atoms with Gasteiger partial charge in [-0.05, 0) is 57.0 Å². The number of hydrogen-bond donors (Lipinski definition) is 2. The molecule has 0 aromatic heterocycles. The number of carbonyl (C=O) groups is 2. The zero-order chi connectivity index (χ0) is 19.4. The van der Waals surface area contributed by atoms with E-state index in [0.717, 1.165) is 20.8 Å². The molecule has 3 rings (SSSR count). The smallest absolute Gasteiger partial charge is 0.270 e. The summed E-state index contributed by atoms with van der Waals surface area (Å²) in [7, 11) is 1.57. The van der Waals surface area contributed by atoms with Crippen LogP contribution in [0.1, 0.15) is 15.9 Å². The van der Waals surface area contributed by atoms with Crippen molar-refractivity contribution in [2.24, 2.45) is 0 Å². The lowest BCUT2D eigenvalue weighted by Gasteiger charge is -2.13. The summed E-state index contributed by atoms with van der Waals surface area (Å²) in [5.41, 5.74) is 6.09. The summed E-state index contributed by atoms with van der Waals surface area (Å²) in [6.45, 7) is 0. The summed E-state index contributed by atoms with van der Waals surface area (Å²) in [6.07, 6.45) is 0.0678. The third kappa shape index (κ3) is 4.48. The summed E-state index contributed by atoms with van der Waals surface area (Å²) >= 11 is 6.77. The molecule has 0 atom stereocenters. The number of methoxy groups -OCH3 is 1. The zero-order valence-electron chi connectivity index (χ0n) is 14.4. The number of halogens is 2. The van der Waals surface area contributed by atoms with Gasteiger partial charge in [0.15, 0.2) is 0 Å². The van der Waals surface area contributed by atoms with Crippen LogP contribution in [0.25, 0.3) is 10.8 Å². The fraction of sp³-hybridized carbons (Fsp3) is 0.100. The second-order valence-corrected chi connectivity index (χ2v) is 7.54. The molecule has 2 N–H and O–H groups in total. The quantitative estimate of drug-likeness (QED) is 0.532. The standard InChI is InChI=1S/C20H16Br2N2O3/c1-27-18-9-6-12-10-13(21)7-8-14(12)16(18)11-19(25)23-24-20(26)15-4-2-3-5-17(15)22/h2-10H,11H2,1H3,(H,23,25)(H,24,26). The fourth-order valence-electron chi connectivity index (χ4n) is 2.76. The molecule has 138 valence electrons. The Kier molecular flexibility index (Phi) is 6.13. The van der Waals surface area contributed by atoms with Crippen molar-refractivity contribution in [3.63, 3.8) is 0 Å². The van der Waals surface area contributed by atoms with Gasteiger partial charge in [0.25, 0.3) is 5.91 Å². The molecule has 0 radical (unpaired) electrons. The van der Waals surface area contributed by atoms with Crippen molar-refractivity contribution >= 4 is 54.4 Å².